The van der Waals surface area contributed by atoms with E-state index in [4.69, 9.17) is 9.15 Å². The van der Waals surface area contributed by atoms with Gasteiger partial charge in [0.1, 0.15) is 11.3 Å². The number of aryl methyl sites for hydroxylation is 1. The van der Waals surface area contributed by atoms with E-state index < -0.39 is 9.84 Å². The van der Waals surface area contributed by atoms with Crippen LogP contribution >= 0.6 is 0 Å². The van der Waals surface area contributed by atoms with E-state index in [2.05, 4.69) is 4.90 Å². The molecule has 0 radical (unpaired) electrons. The van der Waals surface area contributed by atoms with Crippen molar-refractivity contribution in [3.8, 4) is 5.75 Å². The minimum absolute atomic E-state index is 0.247. The molecule has 0 N–H and O–H groups in total. The maximum absolute atomic E-state index is 11.9. The Bertz CT molecular complexity index is 1170. The molecule has 29 heavy (non-hydrogen) atoms. The summed E-state index contributed by atoms with van der Waals surface area (Å²) in [6, 6.07) is 13.9. The largest absolute Gasteiger partial charge is 0.494 e. The Hall–Kier alpha value is -2.64. The first-order valence-corrected chi connectivity index (χ1v) is 11.3. The van der Waals surface area contributed by atoms with Gasteiger partial charge in [-0.25, -0.2) is 13.2 Å². The summed E-state index contributed by atoms with van der Waals surface area (Å²) in [5.41, 5.74) is 2.24. The zero-order valence-corrected chi connectivity index (χ0v) is 17.7. The molecule has 0 saturated carbocycles. The number of sulfone groups is 1. The molecule has 0 fully saturated rings. The summed E-state index contributed by atoms with van der Waals surface area (Å²) in [6.07, 6.45) is 1.94. The van der Waals surface area contributed by atoms with Gasteiger partial charge < -0.3 is 14.1 Å². The van der Waals surface area contributed by atoms with Crippen molar-refractivity contribution in [1.29, 1.82) is 0 Å². The molecule has 1 heterocycles. The lowest BCUT2D eigenvalue weighted by Crippen LogP contribution is -2.21. The van der Waals surface area contributed by atoms with E-state index in [9.17, 15) is 13.2 Å². The van der Waals surface area contributed by atoms with Crippen molar-refractivity contribution in [3.63, 3.8) is 0 Å². The first kappa shape index (κ1) is 21.1. The molecule has 0 saturated heterocycles. The Morgan fingerprint density at radius 2 is 1.90 bits per heavy atom. The van der Waals surface area contributed by atoms with Crippen molar-refractivity contribution in [1.82, 2.24) is 4.90 Å². The number of nitrogens with zero attached hydrogens (tertiary/aromatic N) is 1. The standard InChI is InChI=1S/C22H25NO5S/c1-16-8-9-20-17(13-22(24)28-21(20)12-16)15-23(2)10-5-11-27-18-6-4-7-19(14-18)29(3,25)26/h4,6-9,12-14H,5,10-11,15H2,1-3H3. The van der Waals surface area contributed by atoms with Gasteiger partial charge in [-0.05, 0) is 55.8 Å². The molecular formula is C22H25NO5S. The molecule has 0 aliphatic carbocycles. The summed E-state index contributed by atoms with van der Waals surface area (Å²) >= 11 is 0. The van der Waals surface area contributed by atoms with Crippen LogP contribution in [0.5, 0.6) is 5.75 Å². The summed E-state index contributed by atoms with van der Waals surface area (Å²) in [6.45, 7) is 3.81. The summed E-state index contributed by atoms with van der Waals surface area (Å²) in [7, 11) is -1.26. The Morgan fingerprint density at radius 1 is 1.10 bits per heavy atom. The second-order valence-corrected chi connectivity index (χ2v) is 9.29. The molecule has 0 spiro atoms. The van der Waals surface area contributed by atoms with Crippen LogP contribution in [0.1, 0.15) is 17.5 Å². The monoisotopic (exact) mass is 415 g/mol. The second kappa shape index (κ2) is 8.80. The van der Waals surface area contributed by atoms with Gasteiger partial charge in [-0.2, -0.15) is 0 Å². The van der Waals surface area contributed by atoms with Gasteiger partial charge in [0.15, 0.2) is 9.84 Å². The van der Waals surface area contributed by atoms with Gasteiger partial charge >= 0.3 is 5.63 Å². The lowest BCUT2D eigenvalue weighted by atomic mass is 10.1. The van der Waals surface area contributed by atoms with Gasteiger partial charge in [-0.3, -0.25) is 0 Å². The third kappa shape index (κ3) is 5.68. The first-order valence-electron chi connectivity index (χ1n) is 9.37. The quantitative estimate of drug-likeness (QED) is 0.415. The third-order valence-corrected chi connectivity index (χ3v) is 5.72. The highest BCUT2D eigenvalue weighted by atomic mass is 32.2. The number of rotatable bonds is 8. The van der Waals surface area contributed by atoms with Gasteiger partial charge in [0.05, 0.1) is 11.5 Å². The normalized spacial score (nSPS) is 11.9. The SMILES string of the molecule is Cc1ccc2c(CN(C)CCCOc3cccc(S(C)(=O)=O)c3)cc(=O)oc2c1. The molecule has 0 unspecified atom stereocenters. The number of benzene rings is 2. The highest BCUT2D eigenvalue weighted by molar-refractivity contribution is 7.90. The molecule has 0 aliphatic heterocycles. The topological polar surface area (TPSA) is 76.8 Å². The van der Waals surface area contributed by atoms with Crippen LogP contribution in [-0.2, 0) is 16.4 Å². The van der Waals surface area contributed by atoms with E-state index >= 15 is 0 Å². The highest BCUT2D eigenvalue weighted by Crippen LogP contribution is 2.20. The van der Waals surface area contributed by atoms with Gasteiger partial charge in [-0.1, -0.05) is 18.2 Å². The number of hydrogen-bond donors (Lipinski definition) is 0. The van der Waals surface area contributed by atoms with Crippen LogP contribution in [0, 0.1) is 6.92 Å². The van der Waals surface area contributed by atoms with Crippen molar-refractivity contribution in [2.75, 3.05) is 26.5 Å². The molecule has 0 amide bonds. The zero-order valence-electron chi connectivity index (χ0n) is 16.8. The smallest absolute Gasteiger partial charge is 0.336 e. The maximum Gasteiger partial charge on any atom is 0.336 e. The molecule has 154 valence electrons. The molecule has 7 heteroatoms. The zero-order chi connectivity index (χ0) is 21.0. The molecule has 6 nitrogen and oxygen atoms in total. The average molecular weight is 416 g/mol. The summed E-state index contributed by atoms with van der Waals surface area (Å²) < 4.78 is 34.2. The van der Waals surface area contributed by atoms with Crippen molar-refractivity contribution in [2.45, 2.75) is 24.8 Å². The maximum atomic E-state index is 11.9. The molecule has 3 aromatic rings. The number of ether oxygens (including phenoxy) is 1. The van der Waals surface area contributed by atoms with E-state index in [1.807, 2.05) is 32.2 Å². The van der Waals surface area contributed by atoms with E-state index in [0.717, 1.165) is 29.5 Å². The van der Waals surface area contributed by atoms with Gasteiger partial charge in [-0.15, -0.1) is 0 Å². The van der Waals surface area contributed by atoms with E-state index in [1.54, 1.807) is 24.3 Å². The van der Waals surface area contributed by atoms with Crippen LogP contribution in [0.4, 0.5) is 0 Å². The fraction of sp³-hybridized carbons (Fsp3) is 0.318. The van der Waals surface area contributed by atoms with Gasteiger partial charge in [0.25, 0.3) is 0 Å². The van der Waals surface area contributed by atoms with Crippen LogP contribution in [-0.4, -0.2) is 39.8 Å². The lowest BCUT2D eigenvalue weighted by Gasteiger charge is -2.17. The minimum Gasteiger partial charge on any atom is -0.494 e. The Labute approximate surface area is 170 Å². The Kier molecular flexibility index (Phi) is 6.39. The number of hydrogen-bond acceptors (Lipinski definition) is 6. The molecule has 0 atom stereocenters. The van der Waals surface area contributed by atoms with Crippen LogP contribution in [0.25, 0.3) is 11.0 Å². The fourth-order valence-electron chi connectivity index (χ4n) is 3.16. The van der Waals surface area contributed by atoms with Crippen molar-refractivity contribution < 1.29 is 17.6 Å². The van der Waals surface area contributed by atoms with E-state index in [0.29, 0.717) is 24.5 Å². The van der Waals surface area contributed by atoms with Crippen molar-refractivity contribution in [2.24, 2.45) is 0 Å². The summed E-state index contributed by atoms with van der Waals surface area (Å²) in [5.74, 6) is 0.539. The van der Waals surface area contributed by atoms with Gasteiger partial charge in [0, 0.05) is 30.8 Å². The van der Waals surface area contributed by atoms with Crippen molar-refractivity contribution in [3.05, 3.63) is 70.1 Å². The number of fused-ring (bicyclic) bond motifs is 1. The molecule has 0 bridgehead atoms. The predicted octanol–water partition coefficient (Wildman–Crippen LogP) is 3.41. The highest BCUT2D eigenvalue weighted by Gasteiger charge is 2.10. The minimum atomic E-state index is -3.25. The fourth-order valence-corrected chi connectivity index (χ4v) is 3.81. The summed E-state index contributed by atoms with van der Waals surface area (Å²) in [4.78, 5) is 14.2. The van der Waals surface area contributed by atoms with Crippen LogP contribution in [0.3, 0.4) is 0 Å². The molecular weight excluding hydrogens is 390 g/mol. The lowest BCUT2D eigenvalue weighted by molar-refractivity contribution is 0.258. The second-order valence-electron chi connectivity index (χ2n) is 7.28. The predicted molar refractivity (Wildman–Crippen MR) is 113 cm³/mol. The molecule has 2 aromatic carbocycles. The van der Waals surface area contributed by atoms with E-state index in [-0.39, 0.29) is 10.5 Å². The Balaban J connectivity index is 1.57. The first-order chi connectivity index (χ1) is 13.7. The van der Waals surface area contributed by atoms with E-state index in [1.165, 1.54) is 12.3 Å². The van der Waals surface area contributed by atoms with Crippen molar-refractivity contribution >= 4 is 20.8 Å². The third-order valence-electron chi connectivity index (χ3n) is 4.61. The van der Waals surface area contributed by atoms with Crippen LogP contribution < -0.4 is 10.4 Å². The molecule has 0 aliphatic rings. The van der Waals surface area contributed by atoms with Crippen LogP contribution in [0.15, 0.2) is 62.6 Å². The van der Waals surface area contributed by atoms with Gasteiger partial charge in [0.2, 0.25) is 0 Å². The average Bonchev–Trinajstić information content (AvgIpc) is 2.64. The molecule has 3 rings (SSSR count). The Morgan fingerprint density at radius 3 is 2.66 bits per heavy atom. The van der Waals surface area contributed by atoms with Crippen LogP contribution in [0.2, 0.25) is 0 Å². The summed E-state index contributed by atoms with van der Waals surface area (Å²) in [5, 5.41) is 0.941. The molecule has 1 aromatic heterocycles.